The summed E-state index contributed by atoms with van der Waals surface area (Å²) in [4.78, 5) is 36.1. The van der Waals surface area contributed by atoms with E-state index >= 15 is 0 Å². The van der Waals surface area contributed by atoms with Gasteiger partial charge in [-0.2, -0.15) is 5.26 Å². The molecule has 1 amide bonds. The van der Waals surface area contributed by atoms with E-state index in [9.17, 15) is 19.6 Å². The van der Waals surface area contributed by atoms with Crippen molar-refractivity contribution in [1.82, 2.24) is 0 Å². The first-order chi connectivity index (χ1) is 14.4. The van der Waals surface area contributed by atoms with Crippen LogP contribution in [0.5, 0.6) is 5.75 Å². The molecule has 9 nitrogen and oxygen atoms in total. The lowest BCUT2D eigenvalue weighted by Crippen LogP contribution is -2.15. The van der Waals surface area contributed by atoms with Gasteiger partial charge in [0.2, 0.25) is 0 Å². The number of benzene rings is 2. The summed E-state index contributed by atoms with van der Waals surface area (Å²) < 4.78 is 14.4. The number of carbonyl (C=O) groups excluding carboxylic acids is 3. The molecule has 9 heteroatoms. The molecule has 2 aromatic rings. The number of nitriles is 1. The maximum absolute atomic E-state index is 12.4. The second-order valence-corrected chi connectivity index (χ2v) is 5.74. The minimum atomic E-state index is -0.668. The van der Waals surface area contributed by atoms with E-state index in [1.807, 2.05) is 0 Å². The molecule has 0 saturated carbocycles. The summed E-state index contributed by atoms with van der Waals surface area (Å²) in [6, 6.07) is 12.5. The maximum atomic E-state index is 12.4. The monoisotopic (exact) mass is 409 g/mol. The number of methoxy groups -OCH3 is 3. The summed E-state index contributed by atoms with van der Waals surface area (Å²) >= 11 is 0. The van der Waals surface area contributed by atoms with Crippen LogP contribution in [-0.4, -0.2) is 39.2 Å². The Morgan fingerprint density at radius 1 is 0.967 bits per heavy atom. The van der Waals surface area contributed by atoms with Crippen LogP contribution < -0.4 is 15.4 Å². The number of carbonyl (C=O) groups is 3. The fourth-order valence-corrected chi connectivity index (χ4v) is 2.37. The number of ether oxygens (including phenoxy) is 3. The highest BCUT2D eigenvalue weighted by molar-refractivity contribution is 6.07. The first kappa shape index (κ1) is 22.0. The Bertz CT molecular complexity index is 1020. The molecule has 0 unspecified atom stereocenters. The molecular formula is C21H19N3O6. The van der Waals surface area contributed by atoms with Crippen LogP contribution in [0.15, 0.2) is 54.2 Å². The van der Waals surface area contributed by atoms with E-state index < -0.39 is 17.8 Å². The van der Waals surface area contributed by atoms with Crippen molar-refractivity contribution >= 4 is 29.2 Å². The number of hydrogen-bond donors (Lipinski definition) is 2. The van der Waals surface area contributed by atoms with Gasteiger partial charge < -0.3 is 24.8 Å². The molecule has 0 aliphatic heterocycles. The van der Waals surface area contributed by atoms with Gasteiger partial charge in [-0.1, -0.05) is 0 Å². The third-order valence-electron chi connectivity index (χ3n) is 3.93. The molecule has 0 fully saturated rings. The van der Waals surface area contributed by atoms with Crippen molar-refractivity contribution in [3.8, 4) is 11.8 Å². The molecule has 0 atom stereocenters. The molecule has 0 aliphatic carbocycles. The minimum Gasteiger partial charge on any atom is -0.497 e. The van der Waals surface area contributed by atoms with Crippen molar-refractivity contribution in [3.05, 3.63) is 65.4 Å². The van der Waals surface area contributed by atoms with E-state index in [0.29, 0.717) is 11.4 Å². The molecule has 0 spiro atoms. The van der Waals surface area contributed by atoms with Crippen molar-refractivity contribution in [2.24, 2.45) is 0 Å². The predicted molar refractivity (Wildman–Crippen MR) is 108 cm³/mol. The second-order valence-electron chi connectivity index (χ2n) is 5.74. The van der Waals surface area contributed by atoms with Crippen molar-refractivity contribution in [3.63, 3.8) is 0 Å². The fraction of sp³-hybridized carbons (Fsp3) is 0.143. The van der Waals surface area contributed by atoms with E-state index in [1.54, 1.807) is 30.3 Å². The molecule has 0 aliphatic rings. The number of nitrogens with one attached hydrogen (secondary N) is 2. The third-order valence-corrected chi connectivity index (χ3v) is 3.93. The first-order valence-corrected chi connectivity index (χ1v) is 8.56. The third kappa shape index (κ3) is 5.36. The van der Waals surface area contributed by atoms with Crippen LogP contribution in [0, 0.1) is 11.3 Å². The zero-order chi connectivity index (χ0) is 22.1. The molecule has 2 aromatic carbocycles. The Labute approximate surface area is 172 Å². The van der Waals surface area contributed by atoms with Gasteiger partial charge in [0.1, 0.15) is 17.4 Å². The number of rotatable bonds is 7. The lowest BCUT2D eigenvalue weighted by molar-refractivity contribution is -0.112. The number of nitrogens with zero attached hydrogens (tertiary/aromatic N) is 1. The maximum Gasteiger partial charge on any atom is 0.339 e. The number of hydrogen-bond acceptors (Lipinski definition) is 8. The topological polar surface area (TPSA) is 127 Å². The van der Waals surface area contributed by atoms with Crippen LogP contribution in [0.25, 0.3) is 0 Å². The fourth-order valence-electron chi connectivity index (χ4n) is 2.37. The Hall–Kier alpha value is -4.32. The van der Waals surface area contributed by atoms with Crippen LogP contribution in [0.4, 0.5) is 11.4 Å². The van der Waals surface area contributed by atoms with Crippen LogP contribution in [0.2, 0.25) is 0 Å². The largest absolute Gasteiger partial charge is 0.497 e. The van der Waals surface area contributed by atoms with Gasteiger partial charge in [0.25, 0.3) is 5.91 Å². The van der Waals surface area contributed by atoms with E-state index in [0.717, 1.165) is 6.20 Å². The van der Waals surface area contributed by atoms with Crippen molar-refractivity contribution in [2.75, 3.05) is 32.0 Å². The number of esters is 2. The number of anilines is 2. The summed E-state index contributed by atoms with van der Waals surface area (Å²) in [5, 5.41) is 14.6. The standard InChI is InChI=1S/C21H19N3O6/c1-28-16-7-5-15(6-8-16)24-19(25)14(11-22)12-23-18-10-13(20(26)29-2)4-9-17(18)21(27)30-3/h4-10,12,23H,1-3H3,(H,24,25)/b14-12-. The van der Waals surface area contributed by atoms with Crippen molar-refractivity contribution < 1.29 is 28.6 Å². The van der Waals surface area contributed by atoms with Crippen LogP contribution in [0.1, 0.15) is 20.7 Å². The Kier molecular flexibility index (Phi) is 7.53. The van der Waals surface area contributed by atoms with E-state index in [1.165, 1.54) is 39.5 Å². The van der Waals surface area contributed by atoms with Gasteiger partial charge in [0.15, 0.2) is 0 Å². The molecule has 30 heavy (non-hydrogen) atoms. The molecule has 2 N–H and O–H groups in total. The normalized spacial score (nSPS) is 10.4. The highest BCUT2D eigenvalue weighted by atomic mass is 16.5. The summed E-state index contributed by atoms with van der Waals surface area (Å²) in [6.45, 7) is 0. The van der Waals surface area contributed by atoms with E-state index in [2.05, 4.69) is 15.4 Å². The van der Waals surface area contributed by atoms with Gasteiger partial charge in [0.05, 0.1) is 38.1 Å². The smallest absolute Gasteiger partial charge is 0.339 e. The van der Waals surface area contributed by atoms with Crippen LogP contribution in [0.3, 0.4) is 0 Å². The quantitative estimate of drug-likeness (QED) is 0.406. The Balaban J connectivity index is 2.27. The average molecular weight is 409 g/mol. The van der Waals surface area contributed by atoms with Crippen LogP contribution >= 0.6 is 0 Å². The molecule has 0 heterocycles. The summed E-state index contributed by atoms with van der Waals surface area (Å²) in [5.74, 6) is -1.33. The van der Waals surface area contributed by atoms with E-state index in [4.69, 9.17) is 9.47 Å². The summed E-state index contributed by atoms with van der Waals surface area (Å²) in [7, 11) is 3.95. The van der Waals surface area contributed by atoms with Gasteiger partial charge >= 0.3 is 11.9 Å². The SMILES string of the molecule is COC(=O)c1ccc(C(=O)OC)c(N/C=C(/C#N)C(=O)Nc2ccc(OC)cc2)c1. The Morgan fingerprint density at radius 2 is 1.63 bits per heavy atom. The summed E-state index contributed by atoms with van der Waals surface area (Å²) in [5.41, 5.74) is 0.640. The van der Waals surface area contributed by atoms with Gasteiger partial charge in [-0.15, -0.1) is 0 Å². The van der Waals surface area contributed by atoms with E-state index in [-0.39, 0.29) is 22.4 Å². The molecule has 2 rings (SSSR count). The average Bonchev–Trinajstić information content (AvgIpc) is 2.78. The lowest BCUT2D eigenvalue weighted by atomic mass is 10.1. The molecule has 154 valence electrons. The summed E-state index contributed by atoms with van der Waals surface area (Å²) in [6.07, 6.45) is 1.13. The molecule has 0 radical (unpaired) electrons. The first-order valence-electron chi connectivity index (χ1n) is 8.56. The lowest BCUT2D eigenvalue weighted by Gasteiger charge is -2.10. The zero-order valence-electron chi connectivity index (χ0n) is 16.5. The van der Waals surface area contributed by atoms with Gasteiger partial charge in [-0.3, -0.25) is 4.79 Å². The minimum absolute atomic E-state index is 0.106. The van der Waals surface area contributed by atoms with Gasteiger partial charge in [0, 0.05) is 11.9 Å². The zero-order valence-corrected chi connectivity index (χ0v) is 16.5. The second kappa shape index (κ2) is 10.3. The highest BCUT2D eigenvalue weighted by Gasteiger charge is 2.16. The van der Waals surface area contributed by atoms with Gasteiger partial charge in [-0.25, -0.2) is 9.59 Å². The molecule has 0 saturated heterocycles. The Morgan fingerprint density at radius 3 is 2.20 bits per heavy atom. The van der Waals surface area contributed by atoms with Crippen molar-refractivity contribution in [2.45, 2.75) is 0 Å². The molecular weight excluding hydrogens is 390 g/mol. The predicted octanol–water partition coefficient (Wildman–Crippen LogP) is 2.73. The van der Waals surface area contributed by atoms with Gasteiger partial charge in [-0.05, 0) is 42.5 Å². The number of amides is 1. The highest BCUT2D eigenvalue weighted by Crippen LogP contribution is 2.21. The molecule has 0 bridgehead atoms. The molecule has 0 aromatic heterocycles. The van der Waals surface area contributed by atoms with Crippen LogP contribution in [-0.2, 0) is 14.3 Å². The van der Waals surface area contributed by atoms with Crippen molar-refractivity contribution in [1.29, 1.82) is 5.26 Å².